The first kappa shape index (κ1) is 12.9. The summed E-state index contributed by atoms with van der Waals surface area (Å²) in [6.45, 7) is 4.43. The van der Waals surface area contributed by atoms with Crippen molar-refractivity contribution in [1.29, 1.82) is 0 Å². The van der Waals surface area contributed by atoms with Gasteiger partial charge in [0.05, 0.1) is 23.0 Å². The van der Waals surface area contributed by atoms with E-state index >= 15 is 0 Å². The number of hydrogen-bond donors (Lipinski definition) is 1. The SMILES string of the molecule is CC1(C)COC(c2ccccc2NS(C)(=O)=O)=N1. The second kappa shape index (κ2) is 4.28. The minimum absolute atomic E-state index is 0.270. The highest BCUT2D eigenvalue weighted by molar-refractivity contribution is 7.92. The third-order valence-electron chi connectivity index (χ3n) is 2.42. The number of ether oxygens (including phenoxy) is 1. The number of aliphatic imine (C=N–C) groups is 1. The predicted octanol–water partition coefficient (Wildman–Crippen LogP) is 1.61. The molecular formula is C12H16N2O3S. The van der Waals surface area contributed by atoms with Crippen molar-refractivity contribution >= 4 is 21.6 Å². The molecule has 0 atom stereocenters. The van der Waals surface area contributed by atoms with E-state index in [1.54, 1.807) is 18.2 Å². The average molecular weight is 268 g/mol. The van der Waals surface area contributed by atoms with Crippen LogP contribution < -0.4 is 4.72 Å². The Morgan fingerprint density at radius 3 is 2.56 bits per heavy atom. The van der Waals surface area contributed by atoms with E-state index in [0.29, 0.717) is 23.8 Å². The van der Waals surface area contributed by atoms with Crippen molar-refractivity contribution in [2.75, 3.05) is 17.6 Å². The first-order valence-corrected chi connectivity index (χ1v) is 7.46. The molecule has 1 heterocycles. The Balaban J connectivity index is 2.41. The number of nitrogens with one attached hydrogen (secondary N) is 1. The van der Waals surface area contributed by atoms with Crippen molar-refractivity contribution < 1.29 is 13.2 Å². The minimum atomic E-state index is -3.32. The molecule has 0 aromatic heterocycles. The lowest BCUT2D eigenvalue weighted by Crippen LogP contribution is -2.17. The summed E-state index contributed by atoms with van der Waals surface area (Å²) in [5.74, 6) is 0.478. The van der Waals surface area contributed by atoms with Gasteiger partial charge in [-0.05, 0) is 26.0 Å². The van der Waals surface area contributed by atoms with E-state index in [2.05, 4.69) is 9.71 Å². The predicted molar refractivity (Wildman–Crippen MR) is 71.5 cm³/mol. The second-order valence-electron chi connectivity index (χ2n) is 4.94. The normalized spacial score (nSPS) is 18.1. The standard InChI is InChI=1S/C12H16N2O3S/c1-12(2)8-17-11(13-12)9-6-4-5-7-10(9)14-18(3,15)16/h4-7,14H,8H2,1-3H3. The van der Waals surface area contributed by atoms with Gasteiger partial charge in [-0.15, -0.1) is 0 Å². The topological polar surface area (TPSA) is 67.8 Å². The van der Waals surface area contributed by atoms with Crippen molar-refractivity contribution in [2.24, 2.45) is 4.99 Å². The molecule has 5 nitrogen and oxygen atoms in total. The van der Waals surface area contributed by atoms with E-state index < -0.39 is 10.0 Å². The van der Waals surface area contributed by atoms with Crippen molar-refractivity contribution in [3.8, 4) is 0 Å². The summed E-state index contributed by atoms with van der Waals surface area (Å²) in [5, 5.41) is 0. The summed E-state index contributed by atoms with van der Waals surface area (Å²) in [6.07, 6.45) is 1.12. The van der Waals surface area contributed by atoms with Crippen LogP contribution in [0.25, 0.3) is 0 Å². The Morgan fingerprint density at radius 1 is 1.33 bits per heavy atom. The van der Waals surface area contributed by atoms with Gasteiger partial charge in [-0.1, -0.05) is 12.1 Å². The molecule has 1 aromatic rings. The van der Waals surface area contributed by atoms with Gasteiger partial charge in [0, 0.05) is 0 Å². The molecule has 0 unspecified atom stereocenters. The molecule has 0 amide bonds. The minimum Gasteiger partial charge on any atom is -0.475 e. The molecule has 0 bridgehead atoms. The molecular weight excluding hydrogens is 252 g/mol. The maximum atomic E-state index is 11.3. The summed E-state index contributed by atoms with van der Waals surface area (Å²) >= 11 is 0. The third-order valence-corrected chi connectivity index (χ3v) is 3.01. The highest BCUT2D eigenvalue weighted by Gasteiger charge is 2.28. The monoisotopic (exact) mass is 268 g/mol. The lowest BCUT2D eigenvalue weighted by Gasteiger charge is -2.09. The molecule has 2 rings (SSSR count). The van der Waals surface area contributed by atoms with E-state index in [0.717, 1.165) is 6.26 Å². The molecule has 1 aliphatic heterocycles. The smallest absolute Gasteiger partial charge is 0.229 e. The molecule has 0 radical (unpaired) electrons. The van der Waals surface area contributed by atoms with Gasteiger partial charge in [0.1, 0.15) is 6.61 Å². The number of anilines is 1. The van der Waals surface area contributed by atoms with Gasteiger partial charge >= 0.3 is 0 Å². The molecule has 1 aliphatic rings. The molecule has 1 N–H and O–H groups in total. The number of benzene rings is 1. The fourth-order valence-electron chi connectivity index (χ4n) is 1.68. The van der Waals surface area contributed by atoms with Crippen LogP contribution in [0.1, 0.15) is 19.4 Å². The Labute approximate surface area is 107 Å². The summed E-state index contributed by atoms with van der Waals surface area (Å²) in [5.41, 5.74) is 0.873. The van der Waals surface area contributed by atoms with E-state index in [4.69, 9.17) is 4.74 Å². The zero-order chi connectivity index (χ0) is 13.4. The summed E-state index contributed by atoms with van der Waals surface area (Å²) < 4.78 is 30.6. The molecule has 98 valence electrons. The summed E-state index contributed by atoms with van der Waals surface area (Å²) in [6, 6.07) is 7.05. The highest BCUT2D eigenvalue weighted by Crippen LogP contribution is 2.25. The maximum Gasteiger partial charge on any atom is 0.229 e. The zero-order valence-electron chi connectivity index (χ0n) is 10.6. The molecule has 1 aromatic carbocycles. The molecule has 0 aliphatic carbocycles. The van der Waals surface area contributed by atoms with Gasteiger partial charge in [-0.25, -0.2) is 13.4 Å². The van der Waals surface area contributed by atoms with Crippen molar-refractivity contribution in [1.82, 2.24) is 0 Å². The van der Waals surface area contributed by atoms with Gasteiger partial charge in [0.15, 0.2) is 0 Å². The average Bonchev–Trinajstić information content (AvgIpc) is 2.57. The molecule has 0 spiro atoms. The van der Waals surface area contributed by atoms with Gasteiger partial charge in [0.25, 0.3) is 0 Å². The molecule has 0 saturated heterocycles. The third kappa shape index (κ3) is 3.01. The van der Waals surface area contributed by atoms with Crippen LogP contribution in [0.2, 0.25) is 0 Å². The first-order chi connectivity index (χ1) is 8.27. The Hall–Kier alpha value is -1.56. The molecule has 0 fully saturated rings. The van der Waals surface area contributed by atoms with Crippen molar-refractivity contribution in [2.45, 2.75) is 19.4 Å². The maximum absolute atomic E-state index is 11.3. The van der Waals surface area contributed by atoms with Crippen LogP contribution in [0.3, 0.4) is 0 Å². The van der Waals surface area contributed by atoms with E-state index in [9.17, 15) is 8.42 Å². The Bertz CT molecular complexity index is 591. The highest BCUT2D eigenvalue weighted by atomic mass is 32.2. The number of nitrogens with zero attached hydrogens (tertiary/aromatic N) is 1. The van der Waals surface area contributed by atoms with Crippen LogP contribution in [0.5, 0.6) is 0 Å². The fourth-order valence-corrected chi connectivity index (χ4v) is 2.26. The fraction of sp³-hybridized carbons (Fsp3) is 0.417. The van der Waals surface area contributed by atoms with Gasteiger partial charge in [-0.2, -0.15) is 0 Å². The molecule has 6 heteroatoms. The number of rotatable bonds is 3. The Kier molecular flexibility index (Phi) is 3.06. The summed E-state index contributed by atoms with van der Waals surface area (Å²) in [4.78, 5) is 4.44. The number of hydrogen-bond acceptors (Lipinski definition) is 4. The Morgan fingerprint density at radius 2 is 2.00 bits per heavy atom. The van der Waals surface area contributed by atoms with Crippen LogP contribution in [0, 0.1) is 0 Å². The summed E-state index contributed by atoms with van der Waals surface area (Å²) in [7, 11) is -3.32. The van der Waals surface area contributed by atoms with Crippen LogP contribution >= 0.6 is 0 Å². The van der Waals surface area contributed by atoms with E-state index in [1.165, 1.54) is 0 Å². The van der Waals surface area contributed by atoms with Crippen LogP contribution in [-0.4, -0.2) is 32.7 Å². The lowest BCUT2D eigenvalue weighted by molar-refractivity contribution is 0.279. The molecule has 18 heavy (non-hydrogen) atoms. The second-order valence-corrected chi connectivity index (χ2v) is 6.69. The molecule has 0 saturated carbocycles. The number of sulfonamides is 1. The van der Waals surface area contributed by atoms with Gasteiger partial charge < -0.3 is 4.74 Å². The van der Waals surface area contributed by atoms with Gasteiger partial charge in [-0.3, -0.25) is 4.72 Å². The number of para-hydroxylation sites is 1. The van der Waals surface area contributed by atoms with Crippen LogP contribution in [-0.2, 0) is 14.8 Å². The van der Waals surface area contributed by atoms with E-state index in [1.807, 2.05) is 19.9 Å². The van der Waals surface area contributed by atoms with Crippen LogP contribution in [0.4, 0.5) is 5.69 Å². The lowest BCUT2D eigenvalue weighted by atomic mass is 10.1. The quantitative estimate of drug-likeness (QED) is 0.905. The van der Waals surface area contributed by atoms with Crippen molar-refractivity contribution in [3.05, 3.63) is 29.8 Å². The van der Waals surface area contributed by atoms with Crippen LogP contribution in [0.15, 0.2) is 29.3 Å². The first-order valence-electron chi connectivity index (χ1n) is 5.57. The van der Waals surface area contributed by atoms with E-state index in [-0.39, 0.29) is 5.54 Å². The largest absolute Gasteiger partial charge is 0.475 e. The van der Waals surface area contributed by atoms with Crippen molar-refractivity contribution in [3.63, 3.8) is 0 Å². The zero-order valence-corrected chi connectivity index (χ0v) is 11.4. The van der Waals surface area contributed by atoms with Gasteiger partial charge in [0.2, 0.25) is 15.9 Å².